The second-order valence-electron chi connectivity index (χ2n) is 6.66. The van der Waals surface area contributed by atoms with E-state index in [1.807, 2.05) is 24.5 Å². The van der Waals surface area contributed by atoms with Crippen molar-refractivity contribution in [3.8, 4) is 0 Å². The Morgan fingerprint density at radius 2 is 1.79 bits per heavy atom. The Morgan fingerprint density at radius 3 is 2.58 bits per heavy atom. The van der Waals surface area contributed by atoms with E-state index in [1.165, 1.54) is 21.9 Å². The van der Waals surface area contributed by atoms with Gasteiger partial charge in [-0.25, -0.2) is 0 Å². The van der Waals surface area contributed by atoms with E-state index in [-0.39, 0.29) is 12.0 Å². The van der Waals surface area contributed by atoms with Crippen LogP contribution in [-0.4, -0.2) is 34.2 Å². The number of fused-ring (bicyclic) bond motifs is 1. The summed E-state index contributed by atoms with van der Waals surface area (Å²) in [6.45, 7) is 2.61. The Kier molecular flexibility index (Phi) is 4.28. The van der Waals surface area contributed by atoms with E-state index in [0.29, 0.717) is 0 Å². The predicted molar refractivity (Wildman–Crippen MR) is 96.8 cm³/mol. The van der Waals surface area contributed by atoms with Crippen LogP contribution in [0, 0.1) is 0 Å². The SMILES string of the molecule is O[C@@H]1CN(Cc2ccncc2)CC[C@H]1c1ccc2ccccc2c1. The predicted octanol–water partition coefficient (Wildman–Crippen LogP) is 3.59. The standard InChI is InChI=1S/C21H22N2O/c24-21-15-23(14-16-7-10-22-11-8-16)12-9-20(21)19-6-5-17-3-1-2-4-18(17)13-19/h1-8,10-11,13,20-21,24H,9,12,14-15H2/t20-,21+/m0/s1. The Balaban J connectivity index is 1.47. The van der Waals surface area contributed by atoms with E-state index in [2.05, 4.69) is 52.3 Å². The fourth-order valence-electron chi connectivity index (χ4n) is 3.71. The Morgan fingerprint density at radius 1 is 1.00 bits per heavy atom. The number of hydrogen-bond acceptors (Lipinski definition) is 3. The molecule has 1 aromatic heterocycles. The first-order valence-corrected chi connectivity index (χ1v) is 8.57. The molecule has 2 aromatic carbocycles. The van der Waals surface area contributed by atoms with Gasteiger partial charge in [-0.1, -0.05) is 42.5 Å². The Bertz CT molecular complexity index is 818. The summed E-state index contributed by atoms with van der Waals surface area (Å²) in [4.78, 5) is 6.39. The number of aromatic nitrogens is 1. The van der Waals surface area contributed by atoms with Gasteiger partial charge in [-0.2, -0.15) is 0 Å². The van der Waals surface area contributed by atoms with Gasteiger partial charge in [0.25, 0.3) is 0 Å². The summed E-state index contributed by atoms with van der Waals surface area (Å²) in [6, 6.07) is 19.1. The van der Waals surface area contributed by atoms with E-state index < -0.39 is 0 Å². The molecule has 2 heterocycles. The van der Waals surface area contributed by atoms with Crippen LogP contribution >= 0.6 is 0 Å². The summed E-state index contributed by atoms with van der Waals surface area (Å²) >= 11 is 0. The maximum atomic E-state index is 10.7. The van der Waals surface area contributed by atoms with Crippen molar-refractivity contribution in [3.05, 3.63) is 78.1 Å². The normalized spacial score (nSPS) is 21.9. The number of hydrogen-bond donors (Lipinski definition) is 1. The maximum absolute atomic E-state index is 10.7. The summed E-state index contributed by atoms with van der Waals surface area (Å²) in [5.74, 6) is 0.225. The van der Waals surface area contributed by atoms with Crippen molar-refractivity contribution < 1.29 is 5.11 Å². The molecule has 3 heteroatoms. The first-order valence-electron chi connectivity index (χ1n) is 8.57. The fourth-order valence-corrected chi connectivity index (χ4v) is 3.71. The fraction of sp³-hybridized carbons (Fsp3) is 0.286. The summed E-state index contributed by atoms with van der Waals surface area (Å²) < 4.78 is 0. The Hall–Kier alpha value is -2.23. The topological polar surface area (TPSA) is 36.4 Å². The van der Waals surface area contributed by atoms with Gasteiger partial charge in [-0.05, 0) is 47.0 Å². The van der Waals surface area contributed by atoms with Crippen LogP contribution in [-0.2, 0) is 6.54 Å². The quantitative estimate of drug-likeness (QED) is 0.802. The van der Waals surface area contributed by atoms with Crippen LogP contribution in [0.25, 0.3) is 10.8 Å². The number of β-amino-alcohol motifs (C(OH)–C–C–N with tert-alkyl or cyclic N) is 1. The lowest BCUT2D eigenvalue weighted by Crippen LogP contribution is -2.42. The van der Waals surface area contributed by atoms with Gasteiger partial charge in [0.2, 0.25) is 0 Å². The number of pyridine rings is 1. The average Bonchev–Trinajstić information content (AvgIpc) is 2.62. The molecule has 1 saturated heterocycles. The molecule has 0 unspecified atom stereocenters. The monoisotopic (exact) mass is 318 g/mol. The molecule has 0 radical (unpaired) electrons. The number of piperidine rings is 1. The van der Waals surface area contributed by atoms with Crippen molar-refractivity contribution in [3.63, 3.8) is 0 Å². The van der Waals surface area contributed by atoms with Crippen LogP contribution in [0.15, 0.2) is 67.0 Å². The molecule has 1 fully saturated rings. The lowest BCUT2D eigenvalue weighted by atomic mass is 9.86. The van der Waals surface area contributed by atoms with Gasteiger partial charge in [0.1, 0.15) is 0 Å². The van der Waals surface area contributed by atoms with Gasteiger partial charge < -0.3 is 5.11 Å². The molecule has 0 bridgehead atoms. The van der Waals surface area contributed by atoms with Crippen LogP contribution in [0.2, 0.25) is 0 Å². The molecule has 1 aliphatic rings. The first-order chi connectivity index (χ1) is 11.8. The van der Waals surface area contributed by atoms with Crippen molar-refractivity contribution >= 4 is 10.8 Å². The molecule has 0 spiro atoms. The molecule has 0 saturated carbocycles. The highest BCUT2D eigenvalue weighted by atomic mass is 16.3. The van der Waals surface area contributed by atoms with Gasteiger partial charge in [-0.15, -0.1) is 0 Å². The third-order valence-electron chi connectivity index (χ3n) is 5.02. The second kappa shape index (κ2) is 6.71. The average molecular weight is 318 g/mol. The molecule has 0 amide bonds. The van der Waals surface area contributed by atoms with Crippen molar-refractivity contribution in [2.75, 3.05) is 13.1 Å². The van der Waals surface area contributed by atoms with E-state index in [0.717, 1.165) is 26.1 Å². The largest absolute Gasteiger partial charge is 0.391 e. The second-order valence-corrected chi connectivity index (χ2v) is 6.66. The lowest BCUT2D eigenvalue weighted by molar-refractivity contribution is 0.0477. The van der Waals surface area contributed by atoms with Crippen molar-refractivity contribution in [2.24, 2.45) is 0 Å². The van der Waals surface area contributed by atoms with Crippen LogP contribution in [0.5, 0.6) is 0 Å². The highest BCUT2D eigenvalue weighted by Crippen LogP contribution is 2.31. The third-order valence-corrected chi connectivity index (χ3v) is 5.02. The number of rotatable bonds is 3. The first kappa shape index (κ1) is 15.3. The van der Waals surface area contributed by atoms with Gasteiger partial charge in [0.05, 0.1) is 6.10 Å². The number of aliphatic hydroxyl groups is 1. The van der Waals surface area contributed by atoms with Gasteiger partial charge >= 0.3 is 0 Å². The smallest absolute Gasteiger partial charge is 0.0736 e. The highest BCUT2D eigenvalue weighted by molar-refractivity contribution is 5.83. The minimum atomic E-state index is -0.318. The molecule has 1 aliphatic heterocycles. The molecule has 0 aliphatic carbocycles. The summed E-state index contributed by atoms with van der Waals surface area (Å²) in [5, 5.41) is 13.2. The molecule has 24 heavy (non-hydrogen) atoms. The third kappa shape index (κ3) is 3.18. The summed E-state index contributed by atoms with van der Waals surface area (Å²) in [5.41, 5.74) is 2.51. The van der Waals surface area contributed by atoms with Gasteiger partial charge in [0, 0.05) is 31.4 Å². The minimum absolute atomic E-state index is 0.225. The molecule has 122 valence electrons. The van der Waals surface area contributed by atoms with E-state index in [4.69, 9.17) is 0 Å². The number of aliphatic hydroxyl groups excluding tert-OH is 1. The van der Waals surface area contributed by atoms with Gasteiger partial charge in [0.15, 0.2) is 0 Å². The summed E-state index contributed by atoms with van der Waals surface area (Å²) in [7, 11) is 0. The van der Waals surface area contributed by atoms with Crippen molar-refractivity contribution in [1.29, 1.82) is 0 Å². The van der Waals surface area contributed by atoms with E-state index >= 15 is 0 Å². The van der Waals surface area contributed by atoms with Crippen molar-refractivity contribution in [2.45, 2.75) is 25.0 Å². The van der Waals surface area contributed by atoms with Crippen molar-refractivity contribution in [1.82, 2.24) is 9.88 Å². The zero-order chi connectivity index (χ0) is 16.4. The zero-order valence-electron chi connectivity index (χ0n) is 13.7. The van der Waals surface area contributed by atoms with Crippen LogP contribution in [0.1, 0.15) is 23.5 Å². The molecule has 3 aromatic rings. The van der Waals surface area contributed by atoms with Crippen LogP contribution < -0.4 is 0 Å². The highest BCUT2D eigenvalue weighted by Gasteiger charge is 2.28. The molecule has 3 nitrogen and oxygen atoms in total. The molecule has 1 N–H and O–H groups in total. The molecule has 4 rings (SSSR count). The number of benzene rings is 2. The summed E-state index contributed by atoms with van der Waals surface area (Å²) in [6.07, 6.45) is 4.33. The van der Waals surface area contributed by atoms with Crippen LogP contribution in [0.4, 0.5) is 0 Å². The van der Waals surface area contributed by atoms with E-state index in [9.17, 15) is 5.11 Å². The minimum Gasteiger partial charge on any atom is -0.391 e. The molecular weight excluding hydrogens is 296 g/mol. The molecule has 2 atom stereocenters. The Labute approximate surface area is 142 Å². The van der Waals surface area contributed by atoms with Crippen LogP contribution in [0.3, 0.4) is 0 Å². The zero-order valence-corrected chi connectivity index (χ0v) is 13.7. The lowest BCUT2D eigenvalue weighted by Gasteiger charge is -2.36. The maximum Gasteiger partial charge on any atom is 0.0736 e. The number of likely N-dealkylation sites (tertiary alicyclic amines) is 1. The van der Waals surface area contributed by atoms with Gasteiger partial charge in [-0.3, -0.25) is 9.88 Å². The van der Waals surface area contributed by atoms with E-state index in [1.54, 1.807) is 0 Å². The number of nitrogens with zero attached hydrogens (tertiary/aromatic N) is 2. The molecular formula is C21H22N2O.